The van der Waals surface area contributed by atoms with Crippen molar-refractivity contribution in [2.75, 3.05) is 13.7 Å². The highest BCUT2D eigenvalue weighted by Crippen LogP contribution is 2.29. The molecule has 0 spiro atoms. The van der Waals surface area contributed by atoms with E-state index in [1.807, 2.05) is 62.4 Å². The Bertz CT molecular complexity index is 873. The number of rotatable bonds is 5. The fourth-order valence-electron chi connectivity index (χ4n) is 2.52. The van der Waals surface area contributed by atoms with E-state index in [1.54, 1.807) is 7.11 Å². The highest BCUT2D eigenvalue weighted by molar-refractivity contribution is 8.18. The number of carbonyl (C=O) groups excluding carboxylic acids is 1. The summed E-state index contributed by atoms with van der Waals surface area (Å²) in [6, 6.07) is 13.3. The van der Waals surface area contributed by atoms with Gasteiger partial charge < -0.3 is 14.8 Å². The fourth-order valence-corrected chi connectivity index (χ4v) is 3.37. The van der Waals surface area contributed by atoms with Gasteiger partial charge in [-0.25, -0.2) is 4.99 Å². The van der Waals surface area contributed by atoms with Crippen LogP contribution in [0.15, 0.2) is 52.4 Å². The maximum absolute atomic E-state index is 12.2. The van der Waals surface area contributed by atoms with Gasteiger partial charge in [0.05, 0.1) is 24.3 Å². The zero-order valence-corrected chi connectivity index (χ0v) is 15.7. The van der Waals surface area contributed by atoms with Gasteiger partial charge in [-0.05, 0) is 79.2 Å². The largest absolute Gasteiger partial charge is 0.496 e. The zero-order valence-electron chi connectivity index (χ0n) is 14.9. The van der Waals surface area contributed by atoms with Gasteiger partial charge in [-0.1, -0.05) is 6.07 Å². The van der Waals surface area contributed by atoms with Crippen LogP contribution in [0.3, 0.4) is 0 Å². The average molecular weight is 368 g/mol. The molecule has 134 valence electrons. The van der Waals surface area contributed by atoms with Crippen molar-refractivity contribution < 1.29 is 14.3 Å². The quantitative estimate of drug-likeness (QED) is 0.800. The number of carbonyl (C=O) groups is 1. The topological polar surface area (TPSA) is 59.9 Å². The van der Waals surface area contributed by atoms with Crippen LogP contribution in [0.5, 0.6) is 11.5 Å². The predicted molar refractivity (Wildman–Crippen MR) is 106 cm³/mol. The van der Waals surface area contributed by atoms with Crippen LogP contribution in [0.1, 0.15) is 18.1 Å². The van der Waals surface area contributed by atoms with Crippen LogP contribution in [0.2, 0.25) is 0 Å². The summed E-state index contributed by atoms with van der Waals surface area (Å²) in [7, 11) is 1.64. The van der Waals surface area contributed by atoms with Gasteiger partial charge in [0.25, 0.3) is 5.91 Å². The minimum absolute atomic E-state index is 0.145. The number of methoxy groups -OCH3 is 1. The molecule has 1 N–H and O–H groups in total. The molecule has 0 aromatic heterocycles. The second-order valence-corrected chi connectivity index (χ2v) is 6.67. The summed E-state index contributed by atoms with van der Waals surface area (Å²) < 4.78 is 10.7. The summed E-state index contributed by atoms with van der Waals surface area (Å²) in [5.41, 5.74) is 2.73. The summed E-state index contributed by atoms with van der Waals surface area (Å²) in [4.78, 5) is 17.3. The molecule has 0 radical (unpaired) electrons. The van der Waals surface area contributed by atoms with E-state index in [-0.39, 0.29) is 5.91 Å². The Morgan fingerprint density at radius 1 is 1.19 bits per heavy atom. The number of thioether (sulfide) groups is 1. The molecule has 1 aliphatic rings. The third-order valence-electron chi connectivity index (χ3n) is 3.75. The third-order valence-corrected chi connectivity index (χ3v) is 4.66. The van der Waals surface area contributed by atoms with Crippen LogP contribution in [0.4, 0.5) is 5.69 Å². The van der Waals surface area contributed by atoms with Crippen LogP contribution in [0.25, 0.3) is 6.08 Å². The molecule has 26 heavy (non-hydrogen) atoms. The standard InChI is InChI=1S/C20H20N2O3S/c1-4-25-16-8-6-15(7-9-16)21-20-22-19(23)18(26-20)12-14-5-10-17(24-3)13(2)11-14/h5-12H,4H2,1-3H3,(H,21,22,23)/b18-12+. The predicted octanol–water partition coefficient (Wildman–Crippen LogP) is 4.29. The molecule has 2 aromatic rings. The Kier molecular flexibility index (Phi) is 5.63. The Labute approximate surface area is 157 Å². The van der Waals surface area contributed by atoms with E-state index in [1.165, 1.54) is 11.8 Å². The smallest absolute Gasteiger partial charge is 0.264 e. The number of aryl methyl sites for hydroxylation is 1. The van der Waals surface area contributed by atoms with Crippen molar-refractivity contribution in [1.29, 1.82) is 0 Å². The van der Waals surface area contributed by atoms with Crippen molar-refractivity contribution in [3.8, 4) is 11.5 Å². The second-order valence-electron chi connectivity index (χ2n) is 5.64. The normalized spacial score (nSPS) is 16.8. The third kappa shape index (κ3) is 4.26. The second kappa shape index (κ2) is 8.10. The van der Waals surface area contributed by atoms with Crippen molar-refractivity contribution in [3.05, 3.63) is 58.5 Å². The number of aliphatic imine (C=N–C) groups is 1. The number of hydrogen-bond acceptors (Lipinski definition) is 5. The van der Waals surface area contributed by atoms with E-state index in [9.17, 15) is 4.79 Å². The molecule has 1 fully saturated rings. The Morgan fingerprint density at radius 3 is 2.62 bits per heavy atom. The van der Waals surface area contributed by atoms with Gasteiger partial charge in [0.15, 0.2) is 5.17 Å². The average Bonchev–Trinajstić information content (AvgIpc) is 2.96. The Hall–Kier alpha value is -2.73. The van der Waals surface area contributed by atoms with E-state index in [0.29, 0.717) is 16.7 Å². The van der Waals surface area contributed by atoms with Crippen molar-refractivity contribution >= 4 is 34.6 Å². The molecule has 0 bridgehead atoms. The molecule has 1 amide bonds. The molecule has 1 saturated heterocycles. The number of amides is 1. The summed E-state index contributed by atoms with van der Waals surface area (Å²) in [5.74, 6) is 1.48. The van der Waals surface area contributed by atoms with Gasteiger partial charge in [-0.15, -0.1) is 0 Å². The monoisotopic (exact) mass is 368 g/mol. The fraction of sp³-hybridized carbons (Fsp3) is 0.200. The van der Waals surface area contributed by atoms with Crippen molar-refractivity contribution in [1.82, 2.24) is 5.32 Å². The molecule has 1 heterocycles. The molecule has 2 aromatic carbocycles. The molecular formula is C20H20N2O3S. The molecule has 1 aliphatic heterocycles. The molecule has 3 rings (SSSR count). The van der Waals surface area contributed by atoms with E-state index >= 15 is 0 Å². The lowest BCUT2D eigenvalue weighted by Crippen LogP contribution is -2.19. The highest BCUT2D eigenvalue weighted by atomic mass is 32.2. The van der Waals surface area contributed by atoms with E-state index in [0.717, 1.165) is 28.3 Å². The van der Waals surface area contributed by atoms with Gasteiger partial charge in [0, 0.05) is 0 Å². The Morgan fingerprint density at radius 2 is 1.96 bits per heavy atom. The molecule has 0 aliphatic carbocycles. The summed E-state index contributed by atoms with van der Waals surface area (Å²) in [5, 5.41) is 3.36. The van der Waals surface area contributed by atoms with Gasteiger partial charge in [-0.3, -0.25) is 4.79 Å². The number of amidine groups is 1. The van der Waals surface area contributed by atoms with E-state index < -0.39 is 0 Å². The lowest BCUT2D eigenvalue weighted by Gasteiger charge is -2.04. The van der Waals surface area contributed by atoms with Crippen molar-refractivity contribution in [3.63, 3.8) is 0 Å². The summed E-state index contributed by atoms with van der Waals surface area (Å²) >= 11 is 1.33. The SMILES string of the molecule is CCOc1ccc(N=C2NC(=O)/C(=C\c3ccc(OC)c(C)c3)S2)cc1. The first-order chi connectivity index (χ1) is 12.6. The minimum atomic E-state index is -0.145. The molecule has 0 atom stereocenters. The number of benzene rings is 2. The number of nitrogens with one attached hydrogen (secondary N) is 1. The van der Waals surface area contributed by atoms with Gasteiger partial charge in [0.2, 0.25) is 0 Å². The number of ether oxygens (including phenoxy) is 2. The molecule has 6 heteroatoms. The molecule has 5 nitrogen and oxygen atoms in total. The Balaban J connectivity index is 1.76. The van der Waals surface area contributed by atoms with Crippen LogP contribution < -0.4 is 14.8 Å². The van der Waals surface area contributed by atoms with Gasteiger partial charge in [0.1, 0.15) is 11.5 Å². The summed E-state index contributed by atoms with van der Waals surface area (Å²) in [6.45, 7) is 4.54. The van der Waals surface area contributed by atoms with Crippen molar-refractivity contribution in [2.24, 2.45) is 4.99 Å². The first-order valence-electron chi connectivity index (χ1n) is 8.26. The lowest BCUT2D eigenvalue weighted by molar-refractivity contribution is -0.115. The number of hydrogen-bond donors (Lipinski definition) is 1. The van der Waals surface area contributed by atoms with Crippen molar-refractivity contribution in [2.45, 2.75) is 13.8 Å². The van der Waals surface area contributed by atoms with E-state index in [2.05, 4.69) is 10.3 Å². The molecular weight excluding hydrogens is 348 g/mol. The lowest BCUT2D eigenvalue weighted by atomic mass is 10.1. The van der Waals surface area contributed by atoms with E-state index in [4.69, 9.17) is 9.47 Å². The molecule has 0 unspecified atom stereocenters. The van der Waals surface area contributed by atoms with Crippen LogP contribution in [-0.4, -0.2) is 24.8 Å². The van der Waals surface area contributed by atoms with Crippen LogP contribution >= 0.6 is 11.8 Å². The van der Waals surface area contributed by atoms with Crippen LogP contribution in [-0.2, 0) is 4.79 Å². The van der Waals surface area contributed by atoms with Crippen LogP contribution in [0, 0.1) is 6.92 Å². The number of nitrogens with zero attached hydrogens (tertiary/aromatic N) is 1. The zero-order chi connectivity index (χ0) is 18.5. The summed E-state index contributed by atoms with van der Waals surface area (Å²) in [6.07, 6.45) is 1.85. The maximum Gasteiger partial charge on any atom is 0.264 e. The molecule has 0 saturated carbocycles. The maximum atomic E-state index is 12.2. The first-order valence-corrected chi connectivity index (χ1v) is 9.08. The highest BCUT2D eigenvalue weighted by Gasteiger charge is 2.23. The first kappa shape index (κ1) is 18.1. The minimum Gasteiger partial charge on any atom is -0.496 e. The van der Waals surface area contributed by atoms with Gasteiger partial charge in [-0.2, -0.15) is 0 Å². The van der Waals surface area contributed by atoms with Gasteiger partial charge >= 0.3 is 0 Å².